The number of carbonyl (C=O) groups excluding carboxylic acids is 1. The number of nitrogens with one attached hydrogen (secondary N) is 2. The second-order valence-electron chi connectivity index (χ2n) is 6.37. The van der Waals surface area contributed by atoms with Crippen LogP contribution in [0.15, 0.2) is 35.3 Å². The molecule has 0 amide bonds. The molecule has 0 aliphatic heterocycles. The Morgan fingerprint density at radius 3 is 2.56 bits per heavy atom. The maximum Gasteiger partial charge on any atom is 0.305 e. The molecule has 154 valence electrons. The molecule has 6 nitrogen and oxygen atoms in total. The summed E-state index contributed by atoms with van der Waals surface area (Å²) in [5, 5.41) is 6.61. The average molecular weight is 491 g/mol. The quantitative estimate of drug-likeness (QED) is 0.154. The van der Waals surface area contributed by atoms with E-state index in [1.165, 1.54) is 12.7 Å². The highest BCUT2D eigenvalue weighted by Crippen LogP contribution is 2.03. The van der Waals surface area contributed by atoms with E-state index in [-0.39, 0.29) is 29.9 Å². The summed E-state index contributed by atoms with van der Waals surface area (Å²) >= 11 is 0. The molecule has 0 saturated heterocycles. The van der Waals surface area contributed by atoms with Crippen molar-refractivity contribution in [2.24, 2.45) is 10.9 Å². The van der Waals surface area contributed by atoms with Gasteiger partial charge in [0.2, 0.25) is 0 Å². The molecular formula is C20H34IN3O3. The molecule has 1 aromatic rings. The van der Waals surface area contributed by atoms with Crippen LogP contribution in [0.1, 0.15) is 38.2 Å². The predicted octanol–water partition coefficient (Wildman–Crippen LogP) is 3.36. The fraction of sp³-hybridized carbons (Fsp3) is 0.600. The molecule has 7 heteroatoms. The van der Waals surface area contributed by atoms with Crippen molar-refractivity contribution in [1.82, 2.24) is 10.6 Å². The minimum atomic E-state index is -0.140. The molecular weight excluding hydrogens is 457 g/mol. The van der Waals surface area contributed by atoms with Gasteiger partial charge >= 0.3 is 5.97 Å². The molecule has 0 radical (unpaired) electrons. The lowest BCUT2D eigenvalue weighted by Gasteiger charge is -2.16. The second-order valence-corrected chi connectivity index (χ2v) is 6.37. The number of hydrogen-bond acceptors (Lipinski definition) is 4. The summed E-state index contributed by atoms with van der Waals surface area (Å²) in [6, 6.07) is 10.2. The zero-order valence-electron chi connectivity index (χ0n) is 16.7. The molecule has 0 fully saturated rings. The third-order valence-corrected chi connectivity index (χ3v) is 3.93. The lowest BCUT2D eigenvalue weighted by Crippen LogP contribution is -2.40. The standard InChI is InChI=1S/C20H33N3O3.HI/c1-17(15-26-16-18-10-6-4-7-11-18)14-23-20(21-2)22-13-9-5-8-12-19(24)25-3;/h4,6-7,10-11,17H,5,8-9,12-16H2,1-3H3,(H2,21,22,23);1H. The summed E-state index contributed by atoms with van der Waals surface area (Å²) in [6.45, 7) is 5.13. The first-order chi connectivity index (χ1) is 12.7. The third-order valence-electron chi connectivity index (χ3n) is 3.93. The van der Waals surface area contributed by atoms with Crippen molar-refractivity contribution in [3.05, 3.63) is 35.9 Å². The summed E-state index contributed by atoms with van der Waals surface area (Å²) in [4.78, 5) is 15.3. The van der Waals surface area contributed by atoms with Gasteiger partial charge in [-0.2, -0.15) is 0 Å². The molecule has 2 N–H and O–H groups in total. The lowest BCUT2D eigenvalue weighted by atomic mass is 10.2. The first kappa shape index (κ1) is 25.6. The number of aliphatic imine (C=N–C) groups is 1. The molecule has 0 aliphatic rings. The van der Waals surface area contributed by atoms with Crippen LogP contribution in [-0.4, -0.2) is 45.8 Å². The normalized spacial score (nSPS) is 12.0. The van der Waals surface area contributed by atoms with Crippen molar-refractivity contribution in [2.75, 3.05) is 33.9 Å². The van der Waals surface area contributed by atoms with Crippen LogP contribution in [0.5, 0.6) is 0 Å². The van der Waals surface area contributed by atoms with Gasteiger partial charge < -0.3 is 20.1 Å². The van der Waals surface area contributed by atoms with Crippen molar-refractivity contribution in [1.29, 1.82) is 0 Å². The minimum absolute atomic E-state index is 0. The Morgan fingerprint density at radius 2 is 1.89 bits per heavy atom. The smallest absolute Gasteiger partial charge is 0.305 e. The zero-order chi connectivity index (χ0) is 19.0. The molecule has 0 aromatic heterocycles. The van der Waals surface area contributed by atoms with Gasteiger partial charge in [0.15, 0.2) is 5.96 Å². The number of unbranched alkanes of at least 4 members (excludes halogenated alkanes) is 2. The monoisotopic (exact) mass is 491 g/mol. The molecule has 0 heterocycles. The molecule has 0 saturated carbocycles. The number of guanidine groups is 1. The fourth-order valence-corrected chi connectivity index (χ4v) is 2.38. The van der Waals surface area contributed by atoms with E-state index < -0.39 is 0 Å². The van der Waals surface area contributed by atoms with Crippen molar-refractivity contribution in [3.63, 3.8) is 0 Å². The van der Waals surface area contributed by atoms with Gasteiger partial charge in [-0.3, -0.25) is 9.79 Å². The molecule has 1 rings (SSSR count). The van der Waals surface area contributed by atoms with Crippen LogP contribution in [0, 0.1) is 5.92 Å². The number of esters is 1. The van der Waals surface area contributed by atoms with Crippen LogP contribution < -0.4 is 10.6 Å². The maximum absolute atomic E-state index is 11.0. The van der Waals surface area contributed by atoms with E-state index in [4.69, 9.17) is 4.74 Å². The summed E-state index contributed by atoms with van der Waals surface area (Å²) in [7, 11) is 3.19. The zero-order valence-corrected chi connectivity index (χ0v) is 19.0. The largest absolute Gasteiger partial charge is 0.469 e. The highest BCUT2D eigenvalue weighted by molar-refractivity contribution is 14.0. The van der Waals surface area contributed by atoms with Crippen LogP contribution >= 0.6 is 24.0 Å². The van der Waals surface area contributed by atoms with Crippen LogP contribution in [-0.2, 0) is 20.9 Å². The van der Waals surface area contributed by atoms with Gasteiger partial charge in [-0.1, -0.05) is 43.7 Å². The first-order valence-corrected chi connectivity index (χ1v) is 9.28. The number of rotatable bonds is 12. The van der Waals surface area contributed by atoms with Crippen molar-refractivity contribution < 1.29 is 14.3 Å². The van der Waals surface area contributed by atoms with Gasteiger partial charge in [-0.25, -0.2) is 0 Å². The topological polar surface area (TPSA) is 72.0 Å². The van der Waals surface area contributed by atoms with E-state index in [1.807, 2.05) is 18.2 Å². The van der Waals surface area contributed by atoms with Gasteiger partial charge in [0.05, 0.1) is 20.3 Å². The Kier molecular flexibility index (Phi) is 16.0. The molecule has 1 unspecified atom stereocenters. The third kappa shape index (κ3) is 13.5. The molecule has 27 heavy (non-hydrogen) atoms. The highest BCUT2D eigenvalue weighted by Gasteiger charge is 2.05. The number of hydrogen-bond donors (Lipinski definition) is 2. The molecule has 0 aliphatic carbocycles. The van der Waals surface area contributed by atoms with E-state index in [0.717, 1.165) is 38.3 Å². The minimum Gasteiger partial charge on any atom is -0.469 e. The fourth-order valence-electron chi connectivity index (χ4n) is 2.38. The SMILES string of the molecule is CN=C(NCCCCCC(=O)OC)NCC(C)COCc1ccccc1.I. The predicted molar refractivity (Wildman–Crippen MR) is 121 cm³/mol. The summed E-state index contributed by atoms with van der Waals surface area (Å²) in [5.41, 5.74) is 1.19. The highest BCUT2D eigenvalue weighted by atomic mass is 127. The Labute approximate surface area is 180 Å². The van der Waals surface area contributed by atoms with Crippen LogP contribution in [0.25, 0.3) is 0 Å². The molecule has 0 spiro atoms. The van der Waals surface area contributed by atoms with E-state index in [2.05, 4.69) is 39.4 Å². The Hall–Kier alpha value is -1.35. The Morgan fingerprint density at radius 1 is 1.15 bits per heavy atom. The maximum atomic E-state index is 11.0. The summed E-state index contributed by atoms with van der Waals surface area (Å²) < 4.78 is 10.4. The van der Waals surface area contributed by atoms with E-state index in [9.17, 15) is 4.79 Å². The van der Waals surface area contributed by atoms with Crippen LogP contribution in [0.2, 0.25) is 0 Å². The van der Waals surface area contributed by atoms with Crippen molar-refractivity contribution in [2.45, 2.75) is 39.2 Å². The van der Waals surface area contributed by atoms with Crippen molar-refractivity contribution in [3.8, 4) is 0 Å². The number of ether oxygens (including phenoxy) is 2. The van der Waals surface area contributed by atoms with Crippen molar-refractivity contribution >= 4 is 35.9 Å². The van der Waals surface area contributed by atoms with E-state index in [0.29, 0.717) is 25.6 Å². The number of benzene rings is 1. The number of carbonyl (C=O) groups is 1. The molecule has 1 aromatic carbocycles. The van der Waals surface area contributed by atoms with E-state index >= 15 is 0 Å². The van der Waals surface area contributed by atoms with Gasteiger partial charge in [0.25, 0.3) is 0 Å². The van der Waals surface area contributed by atoms with Gasteiger partial charge in [-0.05, 0) is 24.3 Å². The average Bonchev–Trinajstić information content (AvgIpc) is 2.67. The number of nitrogens with zero attached hydrogens (tertiary/aromatic N) is 1. The summed E-state index contributed by atoms with van der Waals surface area (Å²) in [5.74, 6) is 1.05. The van der Waals surface area contributed by atoms with Gasteiger partial charge in [-0.15, -0.1) is 24.0 Å². The summed E-state index contributed by atoms with van der Waals surface area (Å²) in [6.07, 6.45) is 3.33. The van der Waals surface area contributed by atoms with Crippen LogP contribution in [0.3, 0.4) is 0 Å². The number of methoxy groups -OCH3 is 1. The first-order valence-electron chi connectivity index (χ1n) is 9.28. The lowest BCUT2D eigenvalue weighted by molar-refractivity contribution is -0.140. The van der Waals surface area contributed by atoms with Gasteiger partial charge in [0, 0.05) is 26.6 Å². The van der Waals surface area contributed by atoms with E-state index in [1.54, 1.807) is 7.05 Å². The van der Waals surface area contributed by atoms with Gasteiger partial charge in [0.1, 0.15) is 0 Å². The number of halogens is 1. The van der Waals surface area contributed by atoms with Crippen LogP contribution in [0.4, 0.5) is 0 Å². The Bertz CT molecular complexity index is 526. The second kappa shape index (κ2) is 16.8. The molecule has 1 atom stereocenters. The Balaban J connectivity index is 0.00000676. The molecule has 0 bridgehead atoms.